The molecular weight excluding hydrogens is 141 g/mol. The first-order valence-corrected chi connectivity index (χ1v) is 4.51. The summed E-state index contributed by atoms with van der Waals surface area (Å²) in [6.07, 6.45) is 3.02. The van der Waals surface area contributed by atoms with Crippen LogP contribution in [0.25, 0.3) is 0 Å². The van der Waals surface area contributed by atoms with E-state index in [0.717, 1.165) is 19.3 Å². The van der Waals surface area contributed by atoms with E-state index in [-0.39, 0.29) is 12.6 Å². The highest BCUT2D eigenvalue weighted by Gasteiger charge is 2.11. The predicted molar refractivity (Wildman–Crippen MR) is 47.5 cm³/mol. The lowest BCUT2D eigenvalue weighted by Crippen LogP contribution is -2.27. The highest BCUT2D eigenvalue weighted by molar-refractivity contribution is 4.67. The minimum atomic E-state index is -0.172. The molecule has 0 aliphatic rings. The Labute approximate surface area is 69.4 Å². The van der Waals surface area contributed by atoms with Crippen molar-refractivity contribution in [2.75, 3.05) is 13.7 Å². The lowest BCUT2D eigenvalue weighted by molar-refractivity contribution is 0.301. The number of nitrogens with one attached hydrogen (secondary N) is 1. The van der Waals surface area contributed by atoms with Gasteiger partial charge in [-0.3, -0.25) is 4.39 Å². The molecule has 0 saturated heterocycles. The zero-order chi connectivity index (χ0) is 8.69. The Bertz CT molecular complexity index is 67.6. The van der Waals surface area contributed by atoms with E-state index >= 15 is 0 Å². The lowest BCUT2D eigenvalue weighted by atomic mass is 9.97. The summed E-state index contributed by atoms with van der Waals surface area (Å²) in [4.78, 5) is 0. The summed E-state index contributed by atoms with van der Waals surface area (Å²) in [6, 6.07) is 0.496. The number of hydrogen-bond acceptors (Lipinski definition) is 1. The van der Waals surface area contributed by atoms with Crippen LogP contribution >= 0.6 is 0 Å². The van der Waals surface area contributed by atoms with Crippen LogP contribution in [0.5, 0.6) is 0 Å². The molecule has 1 nitrogen and oxygen atoms in total. The molecule has 0 fully saturated rings. The molecule has 0 aliphatic carbocycles. The van der Waals surface area contributed by atoms with Gasteiger partial charge in [-0.2, -0.15) is 0 Å². The SMILES string of the molecule is CCC(CF)CC(CC)NC. The quantitative estimate of drug-likeness (QED) is 0.630. The third kappa shape index (κ3) is 4.35. The summed E-state index contributed by atoms with van der Waals surface area (Å²) < 4.78 is 12.3. The molecule has 1 N–H and O–H groups in total. The number of rotatable bonds is 6. The predicted octanol–water partition coefficient (Wildman–Crippen LogP) is 2.37. The summed E-state index contributed by atoms with van der Waals surface area (Å²) in [5.41, 5.74) is 0. The summed E-state index contributed by atoms with van der Waals surface area (Å²) in [5.74, 6) is 0.257. The Morgan fingerprint density at radius 3 is 2.18 bits per heavy atom. The van der Waals surface area contributed by atoms with Gasteiger partial charge in [0.15, 0.2) is 0 Å². The zero-order valence-electron chi connectivity index (χ0n) is 7.86. The number of alkyl halides is 1. The highest BCUT2D eigenvalue weighted by Crippen LogP contribution is 2.12. The normalized spacial score (nSPS) is 16.4. The maximum Gasteiger partial charge on any atom is 0.0923 e. The molecule has 68 valence electrons. The van der Waals surface area contributed by atoms with Crippen molar-refractivity contribution in [2.24, 2.45) is 5.92 Å². The molecular formula is C9H20FN. The molecule has 0 spiro atoms. The molecule has 2 heteroatoms. The third-order valence-corrected chi connectivity index (χ3v) is 2.31. The van der Waals surface area contributed by atoms with Crippen LogP contribution in [-0.4, -0.2) is 19.8 Å². The molecule has 0 aromatic heterocycles. The van der Waals surface area contributed by atoms with Gasteiger partial charge in [0, 0.05) is 6.04 Å². The van der Waals surface area contributed by atoms with Gasteiger partial charge in [-0.05, 0) is 25.8 Å². The third-order valence-electron chi connectivity index (χ3n) is 2.31. The molecule has 0 aliphatic heterocycles. The molecule has 0 radical (unpaired) electrons. The highest BCUT2D eigenvalue weighted by atomic mass is 19.1. The van der Waals surface area contributed by atoms with Crippen molar-refractivity contribution in [3.05, 3.63) is 0 Å². The first kappa shape index (κ1) is 10.9. The molecule has 0 aromatic carbocycles. The van der Waals surface area contributed by atoms with E-state index in [1.807, 2.05) is 14.0 Å². The van der Waals surface area contributed by atoms with Gasteiger partial charge in [0.25, 0.3) is 0 Å². The lowest BCUT2D eigenvalue weighted by Gasteiger charge is -2.18. The van der Waals surface area contributed by atoms with Crippen LogP contribution < -0.4 is 5.32 Å². The molecule has 2 atom stereocenters. The van der Waals surface area contributed by atoms with Gasteiger partial charge in [-0.1, -0.05) is 20.3 Å². The minimum absolute atomic E-state index is 0.172. The Kier molecular flexibility index (Phi) is 6.52. The Morgan fingerprint density at radius 2 is 1.91 bits per heavy atom. The molecule has 0 rings (SSSR count). The van der Waals surface area contributed by atoms with Gasteiger partial charge in [-0.25, -0.2) is 0 Å². The van der Waals surface area contributed by atoms with E-state index in [9.17, 15) is 4.39 Å². The van der Waals surface area contributed by atoms with Crippen molar-refractivity contribution in [3.63, 3.8) is 0 Å². The van der Waals surface area contributed by atoms with Crippen molar-refractivity contribution in [1.82, 2.24) is 5.32 Å². The fourth-order valence-electron chi connectivity index (χ4n) is 1.23. The van der Waals surface area contributed by atoms with Crippen LogP contribution in [0.2, 0.25) is 0 Å². The van der Waals surface area contributed by atoms with Crippen LogP contribution in [-0.2, 0) is 0 Å². The summed E-state index contributed by atoms with van der Waals surface area (Å²) >= 11 is 0. The average Bonchev–Trinajstić information content (AvgIpc) is 2.07. The molecule has 0 heterocycles. The maximum atomic E-state index is 12.3. The molecule has 2 unspecified atom stereocenters. The van der Waals surface area contributed by atoms with E-state index in [0.29, 0.717) is 6.04 Å². The van der Waals surface area contributed by atoms with Gasteiger partial charge in [0.05, 0.1) is 6.67 Å². The molecule has 0 aromatic rings. The van der Waals surface area contributed by atoms with Gasteiger partial charge >= 0.3 is 0 Å². The second-order valence-corrected chi connectivity index (χ2v) is 3.06. The van der Waals surface area contributed by atoms with E-state index in [4.69, 9.17) is 0 Å². The Morgan fingerprint density at radius 1 is 1.27 bits per heavy atom. The molecule has 0 saturated carbocycles. The smallest absolute Gasteiger partial charge is 0.0923 e. The monoisotopic (exact) mass is 161 g/mol. The maximum absolute atomic E-state index is 12.3. The van der Waals surface area contributed by atoms with E-state index < -0.39 is 0 Å². The van der Waals surface area contributed by atoms with Gasteiger partial charge in [0.1, 0.15) is 0 Å². The van der Waals surface area contributed by atoms with Crippen molar-refractivity contribution >= 4 is 0 Å². The van der Waals surface area contributed by atoms with Crippen molar-refractivity contribution < 1.29 is 4.39 Å². The standard InChI is InChI=1S/C9H20FN/c1-4-8(7-10)6-9(5-2)11-3/h8-9,11H,4-7H2,1-3H3. The van der Waals surface area contributed by atoms with E-state index in [2.05, 4.69) is 12.2 Å². The van der Waals surface area contributed by atoms with Crippen molar-refractivity contribution in [1.29, 1.82) is 0 Å². The second kappa shape index (κ2) is 6.59. The second-order valence-electron chi connectivity index (χ2n) is 3.06. The fraction of sp³-hybridized carbons (Fsp3) is 1.00. The zero-order valence-corrected chi connectivity index (χ0v) is 7.86. The minimum Gasteiger partial charge on any atom is -0.317 e. The first-order chi connectivity index (χ1) is 5.28. The topological polar surface area (TPSA) is 12.0 Å². The van der Waals surface area contributed by atoms with Gasteiger partial charge in [0.2, 0.25) is 0 Å². The summed E-state index contributed by atoms with van der Waals surface area (Å²) in [6.45, 7) is 4.01. The average molecular weight is 161 g/mol. The van der Waals surface area contributed by atoms with Crippen LogP contribution in [0, 0.1) is 5.92 Å². The Balaban J connectivity index is 3.58. The fourth-order valence-corrected chi connectivity index (χ4v) is 1.23. The van der Waals surface area contributed by atoms with Crippen LogP contribution in [0.4, 0.5) is 4.39 Å². The van der Waals surface area contributed by atoms with Crippen LogP contribution in [0.1, 0.15) is 33.1 Å². The Hall–Kier alpha value is -0.110. The molecule has 0 bridgehead atoms. The van der Waals surface area contributed by atoms with Gasteiger partial charge < -0.3 is 5.32 Å². The molecule has 0 amide bonds. The number of hydrogen-bond donors (Lipinski definition) is 1. The van der Waals surface area contributed by atoms with E-state index in [1.54, 1.807) is 0 Å². The molecule has 11 heavy (non-hydrogen) atoms. The van der Waals surface area contributed by atoms with Crippen LogP contribution in [0.3, 0.4) is 0 Å². The van der Waals surface area contributed by atoms with Crippen LogP contribution in [0.15, 0.2) is 0 Å². The van der Waals surface area contributed by atoms with Crippen molar-refractivity contribution in [3.8, 4) is 0 Å². The van der Waals surface area contributed by atoms with E-state index in [1.165, 1.54) is 0 Å². The summed E-state index contributed by atoms with van der Waals surface area (Å²) in [5, 5.41) is 3.18. The van der Waals surface area contributed by atoms with Crippen molar-refractivity contribution in [2.45, 2.75) is 39.2 Å². The largest absolute Gasteiger partial charge is 0.317 e. The first-order valence-electron chi connectivity index (χ1n) is 4.51. The number of halogens is 1. The summed E-state index contributed by atoms with van der Waals surface area (Å²) in [7, 11) is 1.94. The van der Waals surface area contributed by atoms with Gasteiger partial charge in [-0.15, -0.1) is 0 Å².